The molecule has 0 bridgehead atoms. The quantitative estimate of drug-likeness (QED) is 0.249. The van der Waals surface area contributed by atoms with Crippen molar-refractivity contribution in [2.24, 2.45) is 0 Å². The summed E-state index contributed by atoms with van der Waals surface area (Å²) in [7, 11) is 0. The zero-order valence-corrected chi connectivity index (χ0v) is 7.93. The van der Waals surface area contributed by atoms with Crippen molar-refractivity contribution in [2.75, 3.05) is 0 Å². The molecule has 0 aromatic carbocycles. The van der Waals surface area contributed by atoms with Crippen molar-refractivity contribution in [3.05, 3.63) is 12.2 Å². The topological polar surface area (TPSA) is 55.9 Å². The van der Waals surface area contributed by atoms with Crippen LogP contribution in [-0.2, 0) is 19.1 Å². The number of hydrogen-bond donors (Lipinski definition) is 0. The Bertz CT molecular complexity index is 294. The summed E-state index contributed by atoms with van der Waals surface area (Å²) in [5.74, 6) is -0.676. The van der Waals surface area contributed by atoms with Gasteiger partial charge in [-0.2, -0.15) is 0 Å². The molecule has 14 heavy (non-hydrogen) atoms. The molecule has 0 N–H and O–H groups in total. The number of epoxide rings is 1. The number of carbonyl (C=O) groups excluding carboxylic acids is 2. The Kier molecular flexibility index (Phi) is 2.37. The highest BCUT2D eigenvalue weighted by Gasteiger charge is 2.38. The summed E-state index contributed by atoms with van der Waals surface area (Å²) in [4.78, 5) is 22.3. The number of rotatable bonds is 0. The van der Waals surface area contributed by atoms with E-state index in [0.717, 1.165) is 0 Å². The molecule has 2 aliphatic heterocycles. The number of esters is 1. The fourth-order valence-corrected chi connectivity index (χ4v) is 1.56. The van der Waals surface area contributed by atoms with Crippen LogP contribution >= 0.6 is 0 Å². The van der Waals surface area contributed by atoms with Gasteiger partial charge in [0.05, 0.1) is 6.10 Å². The minimum Gasteiger partial charge on any atom is -0.462 e. The van der Waals surface area contributed by atoms with Gasteiger partial charge in [0.1, 0.15) is 18.6 Å². The molecule has 0 radical (unpaired) electrons. The van der Waals surface area contributed by atoms with Gasteiger partial charge >= 0.3 is 5.97 Å². The first kappa shape index (κ1) is 9.40. The Balaban J connectivity index is 2.05. The zero-order chi connectivity index (χ0) is 10.1. The lowest BCUT2D eigenvalue weighted by atomic mass is 10.6. The molecule has 0 unspecified atom stereocenters. The zero-order valence-electron chi connectivity index (χ0n) is 7.93. The minimum absolute atomic E-state index is 0.0400. The smallest absolute Gasteiger partial charge is 0.313 e. The van der Waals surface area contributed by atoms with Crippen LogP contribution in [0.15, 0.2) is 12.2 Å². The fraction of sp³-hybridized carbons (Fsp3) is 0.600. The van der Waals surface area contributed by atoms with E-state index in [1.165, 1.54) is 6.08 Å². The molecule has 3 atom stereocenters. The van der Waals surface area contributed by atoms with Gasteiger partial charge in [0.25, 0.3) is 0 Å². The first-order chi connectivity index (χ1) is 6.65. The second kappa shape index (κ2) is 3.53. The molecule has 2 heterocycles. The predicted molar refractivity (Wildman–Crippen MR) is 47.6 cm³/mol. The standard InChI is InChI=1S/C10H12O4/c1-6-4-9-8(14-9)3-2-7(11)5-10(12)13-6/h2-3,6,8-9H,4-5H2,1H3/b3-2+/t6-,8-,9+/m1/s1/i3+1,6+1,7+1,9+1,10+1. The van der Waals surface area contributed by atoms with E-state index in [4.69, 9.17) is 9.47 Å². The summed E-state index contributed by atoms with van der Waals surface area (Å²) in [6.07, 6.45) is 3.64. The summed E-state index contributed by atoms with van der Waals surface area (Å²) >= 11 is 0. The van der Waals surface area contributed by atoms with Crippen LogP contribution < -0.4 is 0 Å². The van der Waals surface area contributed by atoms with Gasteiger partial charge in [-0.15, -0.1) is 0 Å². The average Bonchev–Trinajstić information content (AvgIpc) is 2.78. The maximum atomic E-state index is 11.1. The van der Waals surface area contributed by atoms with Crippen LogP contribution in [0.25, 0.3) is 0 Å². The molecule has 0 spiro atoms. The maximum Gasteiger partial charge on any atom is 0.313 e. The molecule has 4 nitrogen and oxygen atoms in total. The number of cyclic esters (lactones) is 1. The second-order valence-corrected chi connectivity index (χ2v) is 3.68. The lowest BCUT2D eigenvalue weighted by Crippen LogP contribution is -2.20. The normalized spacial score (nSPS) is 39.6. The van der Waals surface area contributed by atoms with Crippen LogP contribution in [0.1, 0.15) is 19.8 Å². The van der Waals surface area contributed by atoms with Crippen molar-refractivity contribution < 1.29 is 19.1 Å². The molecule has 2 rings (SSSR count). The van der Waals surface area contributed by atoms with Gasteiger partial charge < -0.3 is 9.47 Å². The van der Waals surface area contributed by atoms with Gasteiger partial charge in [-0.25, -0.2) is 0 Å². The summed E-state index contributed by atoms with van der Waals surface area (Å²) in [6.45, 7) is 1.81. The van der Waals surface area contributed by atoms with Crippen molar-refractivity contribution in [1.82, 2.24) is 0 Å². The number of ketones is 1. The van der Waals surface area contributed by atoms with Gasteiger partial charge in [0, 0.05) is 6.42 Å². The Morgan fingerprint density at radius 1 is 1.43 bits per heavy atom. The number of allylic oxidation sites excluding steroid dienone is 1. The van der Waals surface area contributed by atoms with E-state index in [2.05, 4.69) is 0 Å². The van der Waals surface area contributed by atoms with Crippen molar-refractivity contribution in [2.45, 2.75) is 38.1 Å². The molecule has 1 saturated heterocycles. The van der Waals surface area contributed by atoms with Crippen molar-refractivity contribution >= 4 is 11.8 Å². The lowest BCUT2D eigenvalue weighted by Gasteiger charge is -2.11. The summed E-state index contributed by atoms with van der Waals surface area (Å²) in [5.41, 5.74) is 0. The highest BCUT2D eigenvalue weighted by molar-refractivity contribution is 6.02. The van der Waals surface area contributed by atoms with E-state index < -0.39 is 5.97 Å². The second-order valence-electron chi connectivity index (χ2n) is 3.68. The number of ether oxygens (including phenoxy) is 2. The van der Waals surface area contributed by atoms with Crippen LogP contribution in [0.4, 0.5) is 0 Å². The molecular formula is C10H12O4. The molecule has 0 aromatic heterocycles. The monoisotopic (exact) mass is 201 g/mol. The number of fused-ring (bicyclic) bond motifs is 1. The fourth-order valence-electron chi connectivity index (χ4n) is 1.56. The molecule has 2 aliphatic rings. The van der Waals surface area contributed by atoms with Crippen LogP contribution in [0.3, 0.4) is 0 Å². The van der Waals surface area contributed by atoms with Crippen LogP contribution in [-0.4, -0.2) is 30.1 Å². The molecule has 0 amide bonds. The third-order valence-corrected chi connectivity index (χ3v) is 2.31. The van der Waals surface area contributed by atoms with Crippen molar-refractivity contribution in [3.8, 4) is 0 Å². The lowest BCUT2D eigenvalue weighted by molar-refractivity contribution is -0.149. The molecule has 1 fully saturated rings. The van der Waals surface area contributed by atoms with E-state index in [1.807, 2.05) is 6.92 Å². The molecular weight excluding hydrogens is 189 g/mol. The van der Waals surface area contributed by atoms with Crippen molar-refractivity contribution in [3.63, 3.8) is 0 Å². The minimum atomic E-state index is -0.453. The Hall–Kier alpha value is -1.16. The highest BCUT2D eigenvalue weighted by atomic mass is 16.7. The SMILES string of the molecule is C[13C@@H]1C[13C@@H]2O[C@@H]2/[13CH]=C/[13C](=O)C[13C](=O)O1. The predicted octanol–water partition coefficient (Wildman–Crippen LogP) is 0.605. The van der Waals surface area contributed by atoms with Gasteiger partial charge in [-0.1, -0.05) is 0 Å². The van der Waals surface area contributed by atoms with Crippen LogP contribution in [0.2, 0.25) is 0 Å². The van der Waals surface area contributed by atoms with E-state index in [1.54, 1.807) is 6.08 Å². The van der Waals surface area contributed by atoms with Gasteiger partial charge in [0.2, 0.25) is 0 Å². The Morgan fingerprint density at radius 2 is 2.21 bits per heavy atom. The van der Waals surface area contributed by atoms with E-state index in [-0.39, 0.29) is 30.5 Å². The van der Waals surface area contributed by atoms with Gasteiger partial charge in [-0.05, 0) is 19.1 Å². The molecule has 76 valence electrons. The third kappa shape index (κ3) is 2.20. The van der Waals surface area contributed by atoms with Gasteiger partial charge in [-0.3, -0.25) is 9.59 Å². The van der Waals surface area contributed by atoms with Gasteiger partial charge in [0.15, 0.2) is 5.78 Å². The molecule has 0 aliphatic carbocycles. The summed E-state index contributed by atoms with van der Waals surface area (Å²) < 4.78 is 10.3. The number of carbonyl (C=O) groups is 2. The van der Waals surface area contributed by atoms with E-state index >= 15 is 0 Å². The molecule has 0 aromatic rings. The Labute approximate surface area is 81.9 Å². The Morgan fingerprint density at radius 3 is 3.00 bits per heavy atom. The van der Waals surface area contributed by atoms with Crippen molar-refractivity contribution in [1.29, 1.82) is 0 Å². The summed E-state index contributed by atoms with van der Waals surface area (Å²) in [5, 5.41) is 0. The van der Waals surface area contributed by atoms with E-state index in [0.29, 0.717) is 6.42 Å². The molecule has 0 saturated carbocycles. The maximum absolute atomic E-state index is 11.1. The molecule has 4 heteroatoms. The largest absolute Gasteiger partial charge is 0.462 e. The van der Waals surface area contributed by atoms with Crippen LogP contribution in [0, 0.1) is 0 Å². The highest BCUT2D eigenvalue weighted by Crippen LogP contribution is 2.29. The first-order valence-electron chi connectivity index (χ1n) is 4.71. The summed E-state index contributed by atoms with van der Waals surface area (Å²) in [6, 6.07) is 0. The van der Waals surface area contributed by atoms with Crippen LogP contribution in [0.5, 0.6) is 0 Å². The number of hydrogen-bond acceptors (Lipinski definition) is 4. The third-order valence-electron chi connectivity index (χ3n) is 2.31. The van der Waals surface area contributed by atoms with E-state index in [9.17, 15) is 9.59 Å². The first-order valence-corrected chi connectivity index (χ1v) is 4.71. The average molecular weight is 201 g/mol.